The summed E-state index contributed by atoms with van der Waals surface area (Å²) in [5, 5.41) is 3.08. The lowest BCUT2D eigenvalue weighted by atomic mass is 10.0. The van der Waals surface area contributed by atoms with Crippen LogP contribution in [0.15, 0.2) is 24.3 Å². The highest BCUT2D eigenvalue weighted by molar-refractivity contribution is 5.74. The number of carbonyl (C=O) groups excluding carboxylic acids is 1. The standard InChI is InChI=1S/C20H31N3O2/c1-25-19-8-4-6-17(16-19)7-5-11-21-20(24)23-14-9-18(10-15-23)22-12-2-3-13-22/h4,6,8,16,18H,2-3,5,7,9-15H2,1H3,(H,21,24). The van der Waals surface area contributed by atoms with Crippen LogP contribution in [0, 0.1) is 0 Å². The van der Waals surface area contributed by atoms with Crippen molar-refractivity contribution in [1.29, 1.82) is 0 Å². The fourth-order valence-corrected chi connectivity index (χ4v) is 3.97. The number of hydrogen-bond acceptors (Lipinski definition) is 3. The highest BCUT2D eigenvalue weighted by Gasteiger charge is 2.27. The number of benzene rings is 1. The third-order valence-corrected chi connectivity index (χ3v) is 5.46. The summed E-state index contributed by atoms with van der Waals surface area (Å²) in [7, 11) is 1.69. The van der Waals surface area contributed by atoms with Crippen LogP contribution in [-0.4, -0.2) is 61.7 Å². The van der Waals surface area contributed by atoms with Crippen molar-refractivity contribution in [2.24, 2.45) is 0 Å². The molecule has 2 aliphatic heterocycles. The van der Waals surface area contributed by atoms with Crippen molar-refractivity contribution in [3.8, 4) is 5.75 Å². The first kappa shape index (κ1) is 18.1. The van der Waals surface area contributed by atoms with Crippen LogP contribution < -0.4 is 10.1 Å². The predicted octanol–water partition coefficient (Wildman–Crippen LogP) is 2.90. The van der Waals surface area contributed by atoms with Crippen molar-refractivity contribution in [1.82, 2.24) is 15.1 Å². The first-order chi connectivity index (χ1) is 12.3. The molecular weight excluding hydrogens is 314 g/mol. The highest BCUT2D eigenvalue weighted by atomic mass is 16.5. The lowest BCUT2D eigenvalue weighted by molar-refractivity contribution is 0.134. The van der Waals surface area contributed by atoms with Gasteiger partial charge in [0.2, 0.25) is 0 Å². The van der Waals surface area contributed by atoms with Gasteiger partial charge in [0.15, 0.2) is 0 Å². The average Bonchev–Trinajstić information content (AvgIpc) is 3.20. The van der Waals surface area contributed by atoms with Crippen molar-refractivity contribution < 1.29 is 9.53 Å². The molecular formula is C20H31N3O2. The summed E-state index contributed by atoms with van der Waals surface area (Å²) in [4.78, 5) is 16.9. The fraction of sp³-hybridized carbons (Fsp3) is 0.650. The predicted molar refractivity (Wildman–Crippen MR) is 100 cm³/mol. The molecule has 0 aliphatic carbocycles. The molecule has 0 aromatic heterocycles. The molecule has 0 spiro atoms. The van der Waals surface area contributed by atoms with E-state index in [2.05, 4.69) is 22.3 Å². The van der Waals surface area contributed by atoms with E-state index in [4.69, 9.17) is 4.74 Å². The zero-order valence-corrected chi connectivity index (χ0v) is 15.4. The van der Waals surface area contributed by atoms with E-state index in [9.17, 15) is 4.79 Å². The summed E-state index contributed by atoms with van der Waals surface area (Å²) in [5.74, 6) is 0.891. The van der Waals surface area contributed by atoms with Crippen LogP contribution in [0.5, 0.6) is 5.75 Å². The van der Waals surface area contributed by atoms with Gasteiger partial charge in [-0.15, -0.1) is 0 Å². The second-order valence-corrected chi connectivity index (χ2v) is 7.15. The third-order valence-electron chi connectivity index (χ3n) is 5.46. The largest absolute Gasteiger partial charge is 0.497 e. The summed E-state index contributed by atoms with van der Waals surface area (Å²) >= 11 is 0. The molecule has 1 aromatic rings. The zero-order chi connectivity index (χ0) is 17.5. The Morgan fingerprint density at radius 2 is 1.96 bits per heavy atom. The number of hydrogen-bond donors (Lipinski definition) is 1. The van der Waals surface area contributed by atoms with Crippen LogP contribution in [0.4, 0.5) is 4.79 Å². The van der Waals surface area contributed by atoms with Gasteiger partial charge in [0.25, 0.3) is 0 Å². The Morgan fingerprint density at radius 3 is 2.68 bits per heavy atom. The van der Waals surface area contributed by atoms with Gasteiger partial charge < -0.3 is 19.9 Å². The van der Waals surface area contributed by atoms with Gasteiger partial charge in [-0.2, -0.15) is 0 Å². The number of nitrogens with zero attached hydrogens (tertiary/aromatic N) is 2. The van der Waals surface area contributed by atoms with Gasteiger partial charge >= 0.3 is 6.03 Å². The molecule has 5 nitrogen and oxygen atoms in total. The van der Waals surface area contributed by atoms with Gasteiger partial charge in [0.1, 0.15) is 5.75 Å². The van der Waals surface area contributed by atoms with E-state index in [-0.39, 0.29) is 6.03 Å². The maximum Gasteiger partial charge on any atom is 0.317 e. The van der Waals surface area contributed by atoms with Crippen molar-refractivity contribution in [3.63, 3.8) is 0 Å². The quantitative estimate of drug-likeness (QED) is 0.807. The monoisotopic (exact) mass is 345 g/mol. The molecule has 0 atom stereocenters. The van der Waals surface area contributed by atoms with Crippen LogP contribution in [0.3, 0.4) is 0 Å². The van der Waals surface area contributed by atoms with Gasteiger partial charge in [0.05, 0.1) is 7.11 Å². The Kier molecular flexibility index (Phi) is 6.56. The first-order valence-electron chi connectivity index (χ1n) is 9.66. The average molecular weight is 345 g/mol. The van der Waals surface area contributed by atoms with E-state index in [1.54, 1.807) is 7.11 Å². The van der Waals surface area contributed by atoms with Gasteiger partial charge in [0, 0.05) is 25.7 Å². The Hall–Kier alpha value is -1.75. The summed E-state index contributed by atoms with van der Waals surface area (Å²) in [6, 6.07) is 8.93. The Labute approximate surface area is 151 Å². The fourth-order valence-electron chi connectivity index (χ4n) is 3.97. The van der Waals surface area contributed by atoms with E-state index in [0.29, 0.717) is 6.04 Å². The minimum atomic E-state index is 0.102. The van der Waals surface area contributed by atoms with Gasteiger partial charge in [-0.1, -0.05) is 12.1 Å². The van der Waals surface area contributed by atoms with E-state index in [1.165, 1.54) is 31.5 Å². The van der Waals surface area contributed by atoms with E-state index in [1.807, 2.05) is 17.0 Å². The lowest BCUT2D eigenvalue weighted by Gasteiger charge is -2.36. The van der Waals surface area contributed by atoms with Gasteiger partial charge in [-0.3, -0.25) is 0 Å². The number of carbonyl (C=O) groups is 1. The number of methoxy groups -OCH3 is 1. The van der Waals surface area contributed by atoms with Crippen LogP contribution in [0.1, 0.15) is 37.7 Å². The molecule has 1 aromatic carbocycles. The highest BCUT2D eigenvalue weighted by Crippen LogP contribution is 2.21. The number of ether oxygens (including phenoxy) is 1. The normalized spacial score (nSPS) is 19.2. The molecule has 5 heteroatoms. The van der Waals surface area contributed by atoms with Crippen molar-refractivity contribution in [3.05, 3.63) is 29.8 Å². The van der Waals surface area contributed by atoms with Crippen molar-refractivity contribution in [2.75, 3.05) is 39.8 Å². The van der Waals surface area contributed by atoms with Crippen LogP contribution in [0.25, 0.3) is 0 Å². The summed E-state index contributed by atoms with van der Waals surface area (Å²) in [6.45, 7) is 5.01. The molecule has 0 unspecified atom stereocenters. The number of nitrogens with one attached hydrogen (secondary N) is 1. The Balaban J connectivity index is 1.33. The number of likely N-dealkylation sites (tertiary alicyclic amines) is 2. The number of urea groups is 1. The van der Waals surface area contributed by atoms with Crippen molar-refractivity contribution >= 4 is 6.03 Å². The molecule has 0 radical (unpaired) electrons. The maximum absolute atomic E-state index is 12.3. The number of rotatable bonds is 6. The minimum Gasteiger partial charge on any atom is -0.497 e. The maximum atomic E-state index is 12.3. The van der Waals surface area contributed by atoms with Crippen molar-refractivity contribution in [2.45, 2.75) is 44.6 Å². The third kappa shape index (κ3) is 5.11. The molecule has 25 heavy (non-hydrogen) atoms. The molecule has 2 fully saturated rings. The molecule has 0 saturated carbocycles. The number of amides is 2. The second kappa shape index (κ2) is 9.09. The molecule has 3 rings (SSSR count). The number of aryl methyl sites for hydroxylation is 1. The topological polar surface area (TPSA) is 44.8 Å². The molecule has 2 heterocycles. The molecule has 0 bridgehead atoms. The van der Waals surface area contributed by atoms with E-state index in [0.717, 1.165) is 51.1 Å². The van der Waals surface area contributed by atoms with Crippen LogP contribution in [-0.2, 0) is 6.42 Å². The second-order valence-electron chi connectivity index (χ2n) is 7.15. The Bertz CT molecular complexity index is 550. The smallest absolute Gasteiger partial charge is 0.317 e. The Morgan fingerprint density at radius 1 is 1.20 bits per heavy atom. The molecule has 2 amide bonds. The zero-order valence-electron chi connectivity index (χ0n) is 15.4. The van der Waals surface area contributed by atoms with Crippen LogP contribution >= 0.6 is 0 Å². The molecule has 2 aliphatic rings. The van der Waals surface area contributed by atoms with E-state index < -0.39 is 0 Å². The summed E-state index contributed by atoms with van der Waals surface area (Å²) in [5.41, 5.74) is 1.25. The molecule has 2 saturated heterocycles. The summed E-state index contributed by atoms with van der Waals surface area (Å²) < 4.78 is 5.24. The molecule has 1 N–H and O–H groups in total. The lowest BCUT2D eigenvalue weighted by Crippen LogP contribution is -2.49. The number of piperidine rings is 1. The SMILES string of the molecule is COc1cccc(CCCNC(=O)N2CCC(N3CCCC3)CC2)c1. The first-order valence-corrected chi connectivity index (χ1v) is 9.66. The summed E-state index contributed by atoms with van der Waals surface area (Å²) in [6.07, 6.45) is 6.83. The van der Waals surface area contributed by atoms with Gasteiger partial charge in [-0.25, -0.2) is 4.79 Å². The van der Waals surface area contributed by atoms with Gasteiger partial charge in [-0.05, 0) is 69.3 Å². The van der Waals surface area contributed by atoms with E-state index >= 15 is 0 Å². The molecule has 138 valence electrons. The minimum absolute atomic E-state index is 0.102. The van der Waals surface area contributed by atoms with Crippen LogP contribution in [0.2, 0.25) is 0 Å².